The quantitative estimate of drug-likeness (QED) is 0.802. The largest absolute Gasteiger partial charge is 0.338 e. The lowest BCUT2D eigenvalue weighted by atomic mass is 9.81. The summed E-state index contributed by atoms with van der Waals surface area (Å²) in [4.78, 5) is 11.9. The molecule has 2 amide bonds. The average Bonchev–Trinajstić information content (AvgIpc) is 2.43. The zero-order valence-electron chi connectivity index (χ0n) is 11.3. The summed E-state index contributed by atoms with van der Waals surface area (Å²) in [7, 11) is 0. The molecule has 0 unspecified atom stereocenters. The van der Waals surface area contributed by atoms with Crippen molar-refractivity contribution in [2.45, 2.75) is 18.9 Å². The van der Waals surface area contributed by atoms with Gasteiger partial charge in [0.1, 0.15) is 0 Å². The van der Waals surface area contributed by atoms with Gasteiger partial charge >= 0.3 is 6.03 Å². The van der Waals surface area contributed by atoms with Gasteiger partial charge in [-0.1, -0.05) is 36.4 Å². The number of rotatable bonds is 3. The van der Waals surface area contributed by atoms with Crippen LogP contribution in [0.25, 0.3) is 10.8 Å². The number of anilines is 1. The molecule has 2 aromatic carbocycles. The first-order valence-corrected chi connectivity index (χ1v) is 7.00. The van der Waals surface area contributed by atoms with E-state index in [1.54, 1.807) is 0 Å². The SMILES string of the molecule is NC1CC(CNC(=O)Nc2cccc3ccccc23)C1. The van der Waals surface area contributed by atoms with Crippen LogP contribution in [0.15, 0.2) is 42.5 Å². The highest BCUT2D eigenvalue weighted by Gasteiger charge is 2.25. The van der Waals surface area contributed by atoms with E-state index in [4.69, 9.17) is 5.73 Å². The van der Waals surface area contributed by atoms with Gasteiger partial charge in [-0.05, 0) is 30.2 Å². The van der Waals surface area contributed by atoms with Crippen molar-refractivity contribution < 1.29 is 4.79 Å². The molecule has 0 aliphatic heterocycles. The summed E-state index contributed by atoms with van der Waals surface area (Å²) < 4.78 is 0. The highest BCUT2D eigenvalue weighted by Crippen LogP contribution is 2.25. The van der Waals surface area contributed by atoms with E-state index < -0.39 is 0 Å². The molecular formula is C16H19N3O. The molecular weight excluding hydrogens is 250 g/mol. The van der Waals surface area contributed by atoms with Crippen molar-refractivity contribution in [2.24, 2.45) is 11.7 Å². The molecule has 0 radical (unpaired) electrons. The smallest absolute Gasteiger partial charge is 0.319 e. The van der Waals surface area contributed by atoms with Gasteiger partial charge in [-0.3, -0.25) is 0 Å². The van der Waals surface area contributed by atoms with Crippen LogP contribution in [0.4, 0.5) is 10.5 Å². The molecule has 0 spiro atoms. The van der Waals surface area contributed by atoms with Gasteiger partial charge in [0.25, 0.3) is 0 Å². The molecule has 20 heavy (non-hydrogen) atoms. The molecule has 1 saturated carbocycles. The van der Waals surface area contributed by atoms with E-state index in [1.807, 2.05) is 42.5 Å². The van der Waals surface area contributed by atoms with E-state index in [-0.39, 0.29) is 6.03 Å². The number of hydrogen-bond acceptors (Lipinski definition) is 2. The van der Waals surface area contributed by atoms with Crippen LogP contribution in [-0.4, -0.2) is 18.6 Å². The Morgan fingerprint density at radius 3 is 2.70 bits per heavy atom. The first kappa shape index (κ1) is 12.9. The van der Waals surface area contributed by atoms with E-state index in [2.05, 4.69) is 10.6 Å². The van der Waals surface area contributed by atoms with Gasteiger partial charge in [-0.2, -0.15) is 0 Å². The predicted molar refractivity (Wildman–Crippen MR) is 81.7 cm³/mol. The summed E-state index contributed by atoms with van der Waals surface area (Å²) in [6.45, 7) is 0.699. The fourth-order valence-electron chi connectivity index (χ4n) is 2.69. The van der Waals surface area contributed by atoms with Crippen molar-refractivity contribution in [1.29, 1.82) is 0 Å². The Morgan fingerprint density at radius 2 is 1.90 bits per heavy atom. The number of carbonyl (C=O) groups is 1. The van der Waals surface area contributed by atoms with Crippen molar-refractivity contribution in [3.05, 3.63) is 42.5 Å². The highest BCUT2D eigenvalue weighted by atomic mass is 16.2. The summed E-state index contributed by atoms with van der Waals surface area (Å²) in [5.41, 5.74) is 6.57. The molecule has 0 heterocycles. The molecule has 4 nitrogen and oxygen atoms in total. The molecule has 0 saturated heterocycles. The van der Waals surface area contributed by atoms with Gasteiger partial charge in [0.15, 0.2) is 0 Å². The number of nitrogens with one attached hydrogen (secondary N) is 2. The summed E-state index contributed by atoms with van der Waals surface area (Å²) in [5, 5.41) is 8.00. The topological polar surface area (TPSA) is 67.1 Å². The van der Waals surface area contributed by atoms with Crippen LogP contribution in [0.3, 0.4) is 0 Å². The molecule has 104 valence electrons. The van der Waals surface area contributed by atoms with Crippen LogP contribution in [0.2, 0.25) is 0 Å². The maximum absolute atomic E-state index is 11.9. The van der Waals surface area contributed by atoms with Crippen LogP contribution < -0.4 is 16.4 Å². The number of benzene rings is 2. The first-order valence-electron chi connectivity index (χ1n) is 7.00. The second-order valence-electron chi connectivity index (χ2n) is 5.46. The fraction of sp³-hybridized carbons (Fsp3) is 0.312. The van der Waals surface area contributed by atoms with Crippen LogP contribution in [-0.2, 0) is 0 Å². The van der Waals surface area contributed by atoms with E-state index in [0.29, 0.717) is 18.5 Å². The zero-order chi connectivity index (χ0) is 13.9. The lowest BCUT2D eigenvalue weighted by molar-refractivity contribution is 0.234. The Kier molecular flexibility index (Phi) is 3.56. The standard InChI is InChI=1S/C16H19N3O/c17-13-8-11(9-13)10-18-16(20)19-15-7-3-5-12-4-1-2-6-14(12)15/h1-7,11,13H,8-10,17H2,(H2,18,19,20). The van der Waals surface area contributed by atoms with Gasteiger partial charge in [0.05, 0.1) is 5.69 Å². The van der Waals surface area contributed by atoms with Crippen molar-refractivity contribution >= 4 is 22.5 Å². The molecule has 4 heteroatoms. The Morgan fingerprint density at radius 1 is 1.15 bits per heavy atom. The zero-order valence-corrected chi connectivity index (χ0v) is 11.3. The summed E-state index contributed by atoms with van der Waals surface area (Å²) in [5.74, 6) is 0.531. The lowest BCUT2D eigenvalue weighted by Gasteiger charge is -2.32. The van der Waals surface area contributed by atoms with Crippen molar-refractivity contribution in [3.8, 4) is 0 Å². The monoisotopic (exact) mass is 269 g/mol. The minimum Gasteiger partial charge on any atom is -0.338 e. The van der Waals surface area contributed by atoms with Gasteiger partial charge in [-0.15, -0.1) is 0 Å². The number of carbonyl (C=O) groups excluding carboxylic acids is 1. The Labute approximate surface area is 118 Å². The number of hydrogen-bond donors (Lipinski definition) is 3. The predicted octanol–water partition coefficient (Wildman–Crippen LogP) is 2.70. The summed E-state index contributed by atoms with van der Waals surface area (Å²) in [6, 6.07) is 14.1. The molecule has 2 aromatic rings. The van der Waals surface area contributed by atoms with Crippen LogP contribution >= 0.6 is 0 Å². The Bertz CT molecular complexity index is 615. The number of urea groups is 1. The molecule has 3 rings (SSSR count). The summed E-state index contributed by atoms with van der Waals surface area (Å²) >= 11 is 0. The molecule has 0 atom stereocenters. The molecule has 0 bridgehead atoms. The van der Waals surface area contributed by atoms with Crippen molar-refractivity contribution in [1.82, 2.24) is 5.32 Å². The van der Waals surface area contributed by atoms with E-state index in [9.17, 15) is 4.79 Å². The van der Waals surface area contributed by atoms with Gasteiger partial charge in [0.2, 0.25) is 0 Å². The first-order chi connectivity index (χ1) is 9.72. The third kappa shape index (κ3) is 2.75. The molecule has 1 fully saturated rings. The highest BCUT2D eigenvalue weighted by molar-refractivity contribution is 6.01. The molecule has 1 aliphatic carbocycles. The third-order valence-electron chi connectivity index (χ3n) is 3.86. The van der Waals surface area contributed by atoms with Gasteiger partial charge in [0, 0.05) is 18.0 Å². The molecule has 4 N–H and O–H groups in total. The fourth-order valence-corrected chi connectivity index (χ4v) is 2.69. The minimum atomic E-state index is -0.151. The normalized spacial score (nSPS) is 21.2. The van der Waals surface area contributed by atoms with Crippen LogP contribution in [0.5, 0.6) is 0 Å². The van der Waals surface area contributed by atoms with Gasteiger partial charge < -0.3 is 16.4 Å². The Hall–Kier alpha value is -2.07. The maximum Gasteiger partial charge on any atom is 0.319 e. The Balaban J connectivity index is 1.62. The number of fused-ring (bicyclic) bond motifs is 1. The van der Waals surface area contributed by atoms with E-state index in [1.165, 1.54) is 0 Å². The maximum atomic E-state index is 11.9. The summed E-state index contributed by atoms with van der Waals surface area (Å²) in [6.07, 6.45) is 2.02. The van der Waals surface area contributed by atoms with Crippen molar-refractivity contribution in [3.63, 3.8) is 0 Å². The van der Waals surface area contributed by atoms with Crippen LogP contribution in [0.1, 0.15) is 12.8 Å². The molecule has 1 aliphatic rings. The van der Waals surface area contributed by atoms with E-state index in [0.717, 1.165) is 29.3 Å². The van der Waals surface area contributed by atoms with E-state index >= 15 is 0 Å². The number of nitrogens with two attached hydrogens (primary N) is 1. The second-order valence-corrected chi connectivity index (χ2v) is 5.46. The van der Waals surface area contributed by atoms with Gasteiger partial charge in [-0.25, -0.2) is 4.79 Å². The van der Waals surface area contributed by atoms with Crippen molar-refractivity contribution in [2.75, 3.05) is 11.9 Å². The number of amides is 2. The lowest BCUT2D eigenvalue weighted by Crippen LogP contribution is -2.43. The minimum absolute atomic E-state index is 0.151. The molecule has 0 aromatic heterocycles. The van der Waals surface area contributed by atoms with Crippen LogP contribution in [0, 0.1) is 5.92 Å². The average molecular weight is 269 g/mol. The second kappa shape index (κ2) is 5.51. The third-order valence-corrected chi connectivity index (χ3v) is 3.86.